The van der Waals surface area contributed by atoms with Crippen LogP contribution in [-0.2, 0) is 4.79 Å². The molecule has 19 heavy (non-hydrogen) atoms. The van der Waals surface area contributed by atoms with Crippen LogP contribution in [0.15, 0.2) is 36.4 Å². The minimum Gasteiger partial charge on any atom is -0.337 e. The van der Waals surface area contributed by atoms with Gasteiger partial charge in [0, 0.05) is 45.3 Å². The topological polar surface area (TPSA) is 49.6 Å². The summed E-state index contributed by atoms with van der Waals surface area (Å²) >= 11 is 0. The van der Waals surface area contributed by atoms with Crippen LogP contribution in [-0.4, -0.2) is 55.0 Å². The van der Waals surface area contributed by atoms with Gasteiger partial charge in [0.1, 0.15) is 0 Å². The van der Waals surface area contributed by atoms with E-state index in [1.54, 1.807) is 6.08 Å². The van der Waals surface area contributed by atoms with Gasteiger partial charge in [-0.25, -0.2) is 0 Å². The van der Waals surface area contributed by atoms with Crippen molar-refractivity contribution >= 4 is 12.0 Å². The lowest BCUT2D eigenvalue weighted by atomic mass is 10.2. The number of hydrogen-bond acceptors (Lipinski definition) is 3. The lowest BCUT2D eigenvalue weighted by Crippen LogP contribution is -2.49. The summed E-state index contributed by atoms with van der Waals surface area (Å²) in [5.41, 5.74) is 6.59. The molecule has 102 valence electrons. The van der Waals surface area contributed by atoms with Gasteiger partial charge >= 0.3 is 0 Å². The first-order valence-electron chi connectivity index (χ1n) is 6.74. The minimum absolute atomic E-state index is 0.0938. The van der Waals surface area contributed by atoms with E-state index in [9.17, 15) is 4.79 Å². The predicted octanol–water partition coefficient (Wildman–Crippen LogP) is 0.803. The van der Waals surface area contributed by atoms with E-state index in [-0.39, 0.29) is 5.91 Å². The molecule has 1 aromatic rings. The van der Waals surface area contributed by atoms with Crippen LogP contribution in [0.1, 0.15) is 5.56 Å². The summed E-state index contributed by atoms with van der Waals surface area (Å²) in [6.07, 6.45) is 3.53. The summed E-state index contributed by atoms with van der Waals surface area (Å²) < 4.78 is 0. The van der Waals surface area contributed by atoms with Crippen LogP contribution in [0.3, 0.4) is 0 Å². The molecule has 0 bridgehead atoms. The monoisotopic (exact) mass is 259 g/mol. The SMILES string of the molecule is NCCN1CCN(C(=O)/C=C/c2ccccc2)CC1. The summed E-state index contributed by atoms with van der Waals surface area (Å²) in [5.74, 6) is 0.0938. The van der Waals surface area contributed by atoms with Crippen molar-refractivity contribution in [2.75, 3.05) is 39.3 Å². The lowest BCUT2D eigenvalue weighted by Gasteiger charge is -2.33. The zero-order chi connectivity index (χ0) is 13.5. The van der Waals surface area contributed by atoms with Gasteiger partial charge in [0.05, 0.1) is 0 Å². The zero-order valence-electron chi connectivity index (χ0n) is 11.2. The molecule has 4 heteroatoms. The second-order valence-corrected chi connectivity index (χ2v) is 4.70. The number of carbonyl (C=O) groups excluding carboxylic acids is 1. The molecule has 4 nitrogen and oxygen atoms in total. The molecule has 1 amide bonds. The number of hydrogen-bond donors (Lipinski definition) is 1. The molecule has 0 radical (unpaired) electrons. The average Bonchev–Trinajstić information content (AvgIpc) is 2.47. The molecule has 0 unspecified atom stereocenters. The summed E-state index contributed by atoms with van der Waals surface area (Å²) in [4.78, 5) is 16.2. The molecule has 0 aromatic heterocycles. The van der Waals surface area contributed by atoms with E-state index in [2.05, 4.69) is 4.90 Å². The number of benzene rings is 1. The van der Waals surface area contributed by atoms with Gasteiger partial charge in [-0.15, -0.1) is 0 Å². The zero-order valence-corrected chi connectivity index (χ0v) is 11.2. The highest BCUT2D eigenvalue weighted by Gasteiger charge is 2.18. The summed E-state index contributed by atoms with van der Waals surface area (Å²) in [7, 11) is 0. The molecule has 1 heterocycles. The Bertz CT molecular complexity index is 422. The molecule has 0 aliphatic carbocycles. The molecule has 0 spiro atoms. The highest BCUT2D eigenvalue weighted by Crippen LogP contribution is 2.05. The second-order valence-electron chi connectivity index (χ2n) is 4.70. The van der Waals surface area contributed by atoms with Crippen molar-refractivity contribution in [3.05, 3.63) is 42.0 Å². The van der Waals surface area contributed by atoms with Gasteiger partial charge in [-0.1, -0.05) is 30.3 Å². The van der Waals surface area contributed by atoms with E-state index in [0.717, 1.165) is 38.3 Å². The molecule has 1 fully saturated rings. The third-order valence-corrected chi connectivity index (χ3v) is 3.35. The molecule has 2 rings (SSSR count). The Kier molecular flexibility index (Phi) is 5.12. The highest BCUT2D eigenvalue weighted by molar-refractivity contribution is 5.91. The molecular weight excluding hydrogens is 238 g/mol. The molecular formula is C15H21N3O. The summed E-state index contributed by atoms with van der Waals surface area (Å²) in [6, 6.07) is 9.88. The predicted molar refractivity (Wildman–Crippen MR) is 77.6 cm³/mol. The van der Waals surface area contributed by atoms with Crippen molar-refractivity contribution in [3.8, 4) is 0 Å². The average molecular weight is 259 g/mol. The molecule has 1 aliphatic rings. The Hall–Kier alpha value is -1.65. The van der Waals surface area contributed by atoms with Crippen molar-refractivity contribution < 1.29 is 4.79 Å². The molecule has 1 saturated heterocycles. The number of carbonyl (C=O) groups is 1. The third kappa shape index (κ3) is 4.19. The van der Waals surface area contributed by atoms with E-state index in [1.165, 1.54) is 0 Å². The quantitative estimate of drug-likeness (QED) is 0.814. The first-order chi connectivity index (χ1) is 9.29. The van der Waals surface area contributed by atoms with Gasteiger partial charge in [0.2, 0.25) is 5.91 Å². The third-order valence-electron chi connectivity index (χ3n) is 3.35. The van der Waals surface area contributed by atoms with Crippen molar-refractivity contribution in [1.82, 2.24) is 9.80 Å². The Morgan fingerprint density at radius 1 is 1.16 bits per heavy atom. The molecule has 0 atom stereocenters. The normalized spacial score (nSPS) is 17.0. The van der Waals surface area contributed by atoms with E-state index in [4.69, 9.17) is 5.73 Å². The van der Waals surface area contributed by atoms with Crippen LogP contribution >= 0.6 is 0 Å². The van der Waals surface area contributed by atoms with E-state index in [0.29, 0.717) is 6.54 Å². The van der Waals surface area contributed by atoms with Gasteiger partial charge in [-0.2, -0.15) is 0 Å². The van der Waals surface area contributed by atoms with Crippen molar-refractivity contribution in [1.29, 1.82) is 0 Å². The van der Waals surface area contributed by atoms with E-state index < -0.39 is 0 Å². The number of nitrogens with zero attached hydrogens (tertiary/aromatic N) is 2. The minimum atomic E-state index is 0.0938. The molecule has 2 N–H and O–H groups in total. The van der Waals surface area contributed by atoms with Crippen molar-refractivity contribution in [2.45, 2.75) is 0 Å². The van der Waals surface area contributed by atoms with Crippen LogP contribution in [0.2, 0.25) is 0 Å². The Morgan fingerprint density at radius 2 is 1.84 bits per heavy atom. The highest BCUT2D eigenvalue weighted by atomic mass is 16.2. The van der Waals surface area contributed by atoms with Gasteiger partial charge in [0.15, 0.2) is 0 Å². The standard InChI is InChI=1S/C15H21N3O/c16-8-9-17-10-12-18(13-11-17)15(19)7-6-14-4-2-1-3-5-14/h1-7H,8-13,16H2/b7-6+. The fraction of sp³-hybridized carbons (Fsp3) is 0.400. The summed E-state index contributed by atoms with van der Waals surface area (Å²) in [5, 5.41) is 0. The first-order valence-corrected chi connectivity index (χ1v) is 6.74. The Balaban J connectivity index is 1.83. The maximum atomic E-state index is 12.0. The number of nitrogens with two attached hydrogens (primary N) is 1. The Morgan fingerprint density at radius 3 is 2.47 bits per heavy atom. The van der Waals surface area contributed by atoms with Crippen molar-refractivity contribution in [2.24, 2.45) is 5.73 Å². The van der Waals surface area contributed by atoms with Crippen LogP contribution in [0.5, 0.6) is 0 Å². The first kappa shape index (κ1) is 13.8. The van der Waals surface area contributed by atoms with Gasteiger partial charge in [0.25, 0.3) is 0 Å². The Labute approximate surface area is 114 Å². The number of piperazine rings is 1. The molecule has 1 aromatic carbocycles. The molecule has 0 saturated carbocycles. The number of amides is 1. The number of rotatable bonds is 4. The van der Waals surface area contributed by atoms with Gasteiger partial charge in [-0.3, -0.25) is 9.69 Å². The van der Waals surface area contributed by atoms with Gasteiger partial charge < -0.3 is 10.6 Å². The molecule has 1 aliphatic heterocycles. The lowest BCUT2D eigenvalue weighted by molar-refractivity contribution is -0.127. The van der Waals surface area contributed by atoms with E-state index in [1.807, 2.05) is 41.3 Å². The fourth-order valence-electron chi connectivity index (χ4n) is 2.21. The second kappa shape index (κ2) is 7.07. The van der Waals surface area contributed by atoms with Crippen LogP contribution < -0.4 is 5.73 Å². The summed E-state index contributed by atoms with van der Waals surface area (Å²) in [6.45, 7) is 5.02. The van der Waals surface area contributed by atoms with Crippen LogP contribution in [0.4, 0.5) is 0 Å². The van der Waals surface area contributed by atoms with Crippen molar-refractivity contribution in [3.63, 3.8) is 0 Å². The van der Waals surface area contributed by atoms with Gasteiger partial charge in [-0.05, 0) is 11.6 Å². The van der Waals surface area contributed by atoms with Crippen LogP contribution in [0.25, 0.3) is 6.08 Å². The maximum Gasteiger partial charge on any atom is 0.246 e. The van der Waals surface area contributed by atoms with Crippen LogP contribution in [0, 0.1) is 0 Å². The maximum absolute atomic E-state index is 12.0. The fourth-order valence-corrected chi connectivity index (χ4v) is 2.21. The van der Waals surface area contributed by atoms with E-state index >= 15 is 0 Å². The smallest absolute Gasteiger partial charge is 0.246 e. The largest absolute Gasteiger partial charge is 0.337 e.